The van der Waals surface area contributed by atoms with Crippen molar-refractivity contribution in [2.45, 2.75) is 31.7 Å². The third-order valence-electron chi connectivity index (χ3n) is 2.79. The van der Waals surface area contributed by atoms with Crippen LogP contribution in [0.3, 0.4) is 0 Å². The first-order valence-corrected chi connectivity index (χ1v) is 5.26. The van der Waals surface area contributed by atoms with E-state index in [1.54, 1.807) is 10.8 Å². The normalized spacial score (nSPS) is 22.2. The lowest BCUT2D eigenvalue weighted by Crippen LogP contribution is -2.29. The summed E-state index contributed by atoms with van der Waals surface area (Å²) in [5.41, 5.74) is 0.933. The monoisotopic (exact) mass is 215 g/mol. The summed E-state index contributed by atoms with van der Waals surface area (Å²) in [6.07, 6.45) is 3.05. The first kappa shape index (κ1) is 10.5. The van der Waals surface area contributed by atoms with Crippen molar-refractivity contribution >= 4 is 0 Å². The zero-order valence-electron chi connectivity index (χ0n) is 8.50. The molecule has 1 aromatic heterocycles. The molecule has 15 heavy (non-hydrogen) atoms. The van der Waals surface area contributed by atoms with Crippen LogP contribution in [0.5, 0.6) is 0 Å². The van der Waals surface area contributed by atoms with Gasteiger partial charge in [0.05, 0.1) is 12.9 Å². The Hall–Kier alpha value is -0.970. The summed E-state index contributed by atoms with van der Waals surface area (Å²) in [4.78, 5) is 3.95. The molecule has 1 atom stereocenters. The molecule has 84 valence electrons. The van der Waals surface area contributed by atoms with Gasteiger partial charge in [-0.1, -0.05) is 0 Å². The molecule has 1 N–H and O–H groups in total. The van der Waals surface area contributed by atoms with Gasteiger partial charge in [0.2, 0.25) is 0 Å². The Kier molecular flexibility index (Phi) is 3.30. The smallest absolute Gasteiger partial charge is 0.256 e. The standard InChI is InChI=1S/C10H15F2N3/c11-10(12)6-15-7-14-5-9(15)8-2-1-3-13-4-8/h5,7-8,10,13H,1-4,6H2. The van der Waals surface area contributed by atoms with Gasteiger partial charge in [-0.05, 0) is 19.4 Å². The highest BCUT2D eigenvalue weighted by atomic mass is 19.3. The van der Waals surface area contributed by atoms with Crippen LogP contribution in [0.1, 0.15) is 24.5 Å². The summed E-state index contributed by atoms with van der Waals surface area (Å²) in [7, 11) is 0. The van der Waals surface area contributed by atoms with E-state index in [1.807, 2.05) is 0 Å². The maximum absolute atomic E-state index is 12.3. The average molecular weight is 215 g/mol. The first-order chi connectivity index (χ1) is 7.27. The minimum atomic E-state index is -2.31. The number of aromatic nitrogens is 2. The Morgan fingerprint density at radius 2 is 2.47 bits per heavy atom. The second-order valence-electron chi connectivity index (χ2n) is 3.91. The highest BCUT2D eigenvalue weighted by Gasteiger charge is 2.19. The maximum Gasteiger partial charge on any atom is 0.256 e. The molecule has 1 aliphatic heterocycles. The predicted octanol–water partition coefficient (Wildman–Crippen LogP) is 1.62. The van der Waals surface area contributed by atoms with Crippen LogP contribution in [0, 0.1) is 0 Å². The van der Waals surface area contributed by atoms with Gasteiger partial charge < -0.3 is 9.88 Å². The number of rotatable bonds is 3. The van der Waals surface area contributed by atoms with Crippen molar-refractivity contribution in [3.8, 4) is 0 Å². The van der Waals surface area contributed by atoms with Crippen LogP contribution < -0.4 is 5.32 Å². The van der Waals surface area contributed by atoms with E-state index in [0.717, 1.165) is 31.6 Å². The predicted molar refractivity (Wildman–Crippen MR) is 53.1 cm³/mol. The molecular weight excluding hydrogens is 200 g/mol. The molecule has 1 aromatic rings. The van der Waals surface area contributed by atoms with E-state index >= 15 is 0 Å². The molecule has 0 aromatic carbocycles. The third kappa shape index (κ3) is 2.53. The minimum absolute atomic E-state index is 0.244. The Morgan fingerprint density at radius 1 is 1.60 bits per heavy atom. The van der Waals surface area contributed by atoms with E-state index in [2.05, 4.69) is 10.3 Å². The molecular formula is C10H15F2N3. The highest BCUT2D eigenvalue weighted by molar-refractivity contribution is 5.08. The SMILES string of the molecule is FC(F)Cn1cncc1C1CCCNC1. The van der Waals surface area contributed by atoms with E-state index in [4.69, 9.17) is 0 Å². The van der Waals surface area contributed by atoms with Gasteiger partial charge in [-0.25, -0.2) is 13.8 Å². The van der Waals surface area contributed by atoms with Crippen molar-refractivity contribution in [3.63, 3.8) is 0 Å². The quantitative estimate of drug-likeness (QED) is 0.830. The van der Waals surface area contributed by atoms with E-state index in [0.29, 0.717) is 5.92 Å². The van der Waals surface area contributed by atoms with E-state index < -0.39 is 6.43 Å². The van der Waals surface area contributed by atoms with Gasteiger partial charge >= 0.3 is 0 Å². The summed E-state index contributed by atoms with van der Waals surface area (Å²) in [5, 5.41) is 3.28. The number of alkyl halides is 2. The Labute approximate surface area is 87.5 Å². The van der Waals surface area contributed by atoms with Crippen LogP contribution in [0.2, 0.25) is 0 Å². The minimum Gasteiger partial charge on any atom is -0.329 e. The third-order valence-corrected chi connectivity index (χ3v) is 2.79. The molecule has 2 rings (SSSR count). The molecule has 0 spiro atoms. The zero-order chi connectivity index (χ0) is 10.7. The van der Waals surface area contributed by atoms with E-state index in [9.17, 15) is 8.78 Å². The van der Waals surface area contributed by atoms with Gasteiger partial charge in [-0.2, -0.15) is 0 Å². The molecule has 0 saturated carbocycles. The molecule has 1 fully saturated rings. The van der Waals surface area contributed by atoms with Gasteiger partial charge in [0.15, 0.2) is 0 Å². The van der Waals surface area contributed by atoms with Gasteiger partial charge in [-0.3, -0.25) is 0 Å². The van der Waals surface area contributed by atoms with Crippen molar-refractivity contribution in [2.24, 2.45) is 0 Å². The van der Waals surface area contributed by atoms with Crippen LogP contribution >= 0.6 is 0 Å². The summed E-state index contributed by atoms with van der Waals surface area (Å²) in [6.45, 7) is 1.65. The number of imidazole rings is 1. The number of hydrogen-bond donors (Lipinski definition) is 1. The van der Waals surface area contributed by atoms with Crippen molar-refractivity contribution in [1.29, 1.82) is 0 Å². The average Bonchev–Trinajstić information content (AvgIpc) is 2.66. The fraction of sp³-hybridized carbons (Fsp3) is 0.700. The van der Waals surface area contributed by atoms with Gasteiger partial charge in [0.1, 0.15) is 0 Å². The largest absolute Gasteiger partial charge is 0.329 e. The van der Waals surface area contributed by atoms with Gasteiger partial charge in [0.25, 0.3) is 6.43 Å². The van der Waals surface area contributed by atoms with Crippen LogP contribution in [-0.4, -0.2) is 29.1 Å². The molecule has 1 unspecified atom stereocenters. The summed E-state index contributed by atoms with van der Waals surface area (Å²) in [5.74, 6) is 0.333. The summed E-state index contributed by atoms with van der Waals surface area (Å²) < 4.78 is 26.1. The molecule has 0 amide bonds. The Morgan fingerprint density at radius 3 is 3.13 bits per heavy atom. The molecule has 0 aliphatic carbocycles. The van der Waals surface area contributed by atoms with Gasteiger partial charge in [-0.15, -0.1) is 0 Å². The molecule has 0 bridgehead atoms. The maximum atomic E-state index is 12.3. The van der Waals surface area contributed by atoms with Crippen molar-refractivity contribution in [2.75, 3.05) is 13.1 Å². The second-order valence-corrected chi connectivity index (χ2v) is 3.91. The fourth-order valence-corrected chi connectivity index (χ4v) is 2.08. The number of halogens is 2. The van der Waals surface area contributed by atoms with Crippen LogP contribution in [0.25, 0.3) is 0 Å². The van der Waals surface area contributed by atoms with E-state index in [-0.39, 0.29) is 6.54 Å². The van der Waals surface area contributed by atoms with Crippen molar-refractivity contribution < 1.29 is 8.78 Å². The van der Waals surface area contributed by atoms with Crippen molar-refractivity contribution in [1.82, 2.24) is 14.9 Å². The Bertz CT molecular complexity index is 305. The molecule has 3 nitrogen and oxygen atoms in total. The van der Waals surface area contributed by atoms with Crippen molar-refractivity contribution in [3.05, 3.63) is 18.2 Å². The van der Waals surface area contributed by atoms with Crippen LogP contribution in [0.4, 0.5) is 8.78 Å². The zero-order valence-corrected chi connectivity index (χ0v) is 8.50. The lowest BCUT2D eigenvalue weighted by molar-refractivity contribution is 0.125. The summed E-state index contributed by atoms with van der Waals surface area (Å²) >= 11 is 0. The second kappa shape index (κ2) is 4.70. The first-order valence-electron chi connectivity index (χ1n) is 5.26. The number of piperidine rings is 1. The fourth-order valence-electron chi connectivity index (χ4n) is 2.08. The van der Waals surface area contributed by atoms with Crippen LogP contribution in [-0.2, 0) is 6.54 Å². The Balaban J connectivity index is 2.09. The topological polar surface area (TPSA) is 29.9 Å². The van der Waals surface area contributed by atoms with Crippen LogP contribution in [0.15, 0.2) is 12.5 Å². The number of nitrogens with zero attached hydrogens (tertiary/aromatic N) is 2. The van der Waals surface area contributed by atoms with Gasteiger partial charge in [0, 0.05) is 24.4 Å². The van der Waals surface area contributed by atoms with E-state index in [1.165, 1.54) is 6.33 Å². The number of nitrogens with one attached hydrogen (secondary N) is 1. The molecule has 0 radical (unpaired) electrons. The number of hydrogen-bond acceptors (Lipinski definition) is 2. The lowest BCUT2D eigenvalue weighted by atomic mass is 9.96. The molecule has 1 saturated heterocycles. The lowest BCUT2D eigenvalue weighted by Gasteiger charge is -2.23. The summed E-state index contributed by atoms with van der Waals surface area (Å²) in [6, 6.07) is 0. The highest BCUT2D eigenvalue weighted by Crippen LogP contribution is 2.23. The molecule has 1 aliphatic rings. The molecule has 5 heteroatoms. The molecule has 2 heterocycles.